The summed E-state index contributed by atoms with van der Waals surface area (Å²) in [6, 6.07) is 3.73. The number of anilines is 1. The van der Waals surface area contributed by atoms with E-state index in [1.54, 1.807) is 0 Å². The minimum Gasteiger partial charge on any atom is -0.342 e. The molecule has 1 amide bonds. The molecule has 1 N–H and O–H groups in total. The molecule has 1 unspecified atom stereocenters. The van der Waals surface area contributed by atoms with Gasteiger partial charge in [-0.25, -0.2) is 0 Å². The van der Waals surface area contributed by atoms with Gasteiger partial charge in [0.15, 0.2) is 0 Å². The van der Waals surface area contributed by atoms with Crippen LogP contribution in [0.15, 0.2) is 24.5 Å². The van der Waals surface area contributed by atoms with Crippen LogP contribution >= 0.6 is 0 Å². The smallest absolute Gasteiger partial charge is 0.247 e. The first-order chi connectivity index (χ1) is 10.6. The van der Waals surface area contributed by atoms with Crippen LogP contribution in [0.4, 0.5) is 5.69 Å². The minimum absolute atomic E-state index is 0.0281. The molecule has 0 spiro atoms. The zero-order valence-electron chi connectivity index (χ0n) is 14.0. The fourth-order valence-electron chi connectivity index (χ4n) is 2.76. The molecule has 0 aliphatic rings. The number of aryl methyl sites for hydroxylation is 2. The van der Waals surface area contributed by atoms with Crippen molar-refractivity contribution in [2.24, 2.45) is 0 Å². The molecule has 0 saturated carbocycles. The molecule has 5 nitrogen and oxygen atoms in total. The maximum absolute atomic E-state index is 12.7. The fraction of sp³-hybridized carbons (Fsp3) is 0.529. The molecule has 0 aliphatic heterocycles. The van der Waals surface area contributed by atoms with Gasteiger partial charge in [-0.3, -0.25) is 9.48 Å². The summed E-state index contributed by atoms with van der Waals surface area (Å²) in [7, 11) is 0. The minimum atomic E-state index is -0.173. The monoisotopic (exact) mass is 302 g/mol. The largest absolute Gasteiger partial charge is 0.342 e. The van der Waals surface area contributed by atoms with E-state index in [0.29, 0.717) is 0 Å². The predicted molar refractivity (Wildman–Crippen MR) is 89.0 cm³/mol. The van der Waals surface area contributed by atoms with Gasteiger partial charge in [-0.2, -0.15) is 5.10 Å². The Labute approximate surface area is 132 Å². The van der Waals surface area contributed by atoms with Crippen LogP contribution in [0.2, 0.25) is 0 Å². The first-order valence-electron chi connectivity index (χ1n) is 8.05. The molecule has 1 atom stereocenters. The Bertz CT molecular complexity index is 613. The van der Waals surface area contributed by atoms with Crippen LogP contribution in [0.1, 0.15) is 50.5 Å². The van der Waals surface area contributed by atoms with Crippen LogP contribution in [0.25, 0.3) is 0 Å². The molecule has 2 aromatic rings. The fourth-order valence-corrected chi connectivity index (χ4v) is 2.76. The molecule has 2 rings (SSSR count). The topological polar surface area (TPSA) is 51.9 Å². The average molecular weight is 302 g/mol. The average Bonchev–Trinajstić information content (AvgIpc) is 3.10. The van der Waals surface area contributed by atoms with Crippen LogP contribution in [-0.2, 0) is 11.3 Å². The SMILES string of the molecule is CCCC(C(=O)Nc1c(C)nn(CCC)c1C)n1cccc1. The number of rotatable bonds is 7. The van der Waals surface area contributed by atoms with E-state index in [1.165, 1.54) is 0 Å². The molecule has 2 heterocycles. The zero-order chi connectivity index (χ0) is 16.1. The Morgan fingerprint density at radius 3 is 2.50 bits per heavy atom. The molecule has 0 saturated heterocycles. The van der Waals surface area contributed by atoms with Crippen LogP contribution in [0.5, 0.6) is 0 Å². The van der Waals surface area contributed by atoms with Crippen molar-refractivity contribution < 1.29 is 4.79 Å². The lowest BCUT2D eigenvalue weighted by Crippen LogP contribution is -2.25. The molecule has 0 aromatic carbocycles. The Hall–Kier alpha value is -2.04. The van der Waals surface area contributed by atoms with Crippen LogP contribution < -0.4 is 5.32 Å². The van der Waals surface area contributed by atoms with E-state index in [1.807, 2.05) is 47.6 Å². The summed E-state index contributed by atoms with van der Waals surface area (Å²) in [5.74, 6) is 0.0281. The summed E-state index contributed by atoms with van der Waals surface area (Å²) in [4.78, 5) is 12.7. The van der Waals surface area contributed by atoms with E-state index in [4.69, 9.17) is 0 Å². The molecule has 0 aliphatic carbocycles. The van der Waals surface area contributed by atoms with Crippen molar-refractivity contribution in [2.75, 3.05) is 5.32 Å². The summed E-state index contributed by atoms with van der Waals surface area (Å²) in [6.07, 6.45) is 6.70. The standard InChI is InChI=1S/C17H26N4O/c1-5-9-15(20-11-7-8-12-20)17(22)18-16-13(3)19-21(10-6-2)14(16)4/h7-8,11-12,15H,5-6,9-10H2,1-4H3,(H,18,22). The van der Waals surface area contributed by atoms with E-state index in [9.17, 15) is 4.79 Å². The van der Waals surface area contributed by atoms with Crippen molar-refractivity contribution in [3.8, 4) is 0 Å². The number of hydrogen-bond acceptors (Lipinski definition) is 2. The molecule has 2 aromatic heterocycles. The highest BCUT2D eigenvalue weighted by Crippen LogP contribution is 2.23. The molecule has 0 fully saturated rings. The summed E-state index contributed by atoms with van der Waals surface area (Å²) >= 11 is 0. The van der Waals surface area contributed by atoms with E-state index < -0.39 is 0 Å². The third kappa shape index (κ3) is 3.40. The van der Waals surface area contributed by atoms with Crippen LogP contribution in [0.3, 0.4) is 0 Å². The normalized spacial score (nSPS) is 12.4. The highest BCUT2D eigenvalue weighted by atomic mass is 16.2. The highest BCUT2D eigenvalue weighted by Gasteiger charge is 2.21. The summed E-state index contributed by atoms with van der Waals surface area (Å²) in [5.41, 5.74) is 2.75. The molecular formula is C17H26N4O. The van der Waals surface area contributed by atoms with Gasteiger partial charge >= 0.3 is 0 Å². The summed E-state index contributed by atoms with van der Waals surface area (Å²) in [6.45, 7) is 9.05. The molecule has 22 heavy (non-hydrogen) atoms. The second-order valence-electron chi connectivity index (χ2n) is 5.69. The van der Waals surface area contributed by atoms with Gasteiger partial charge in [0.25, 0.3) is 0 Å². The quantitative estimate of drug-likeness (QED) is 0.848. The summed E-state index contributed by atoms with van der Waals surface area (Å²) in [5, 5.41) is 7.60. The highest BCUT2D eigenvalue weighted by molar-refractivity contribution is 5.94. The van der Waals surface area contributed by atoms with Gasteiger partial charge in [0, 0.05) is 18.9 Å². The molecule has 0 bridgehead atoms. The second-order valence-corrected chi connectivity index (χ2v) is 5.69. The van der Waals surface area contributed by atoms with E-state index in [0.717, 1.165) is 42.9 Å². The molecule has 0 radical (unpaired) electrons. The van der Waals surface area contributed by atoms with Gasteiger partial charge in [-0.05, 0) is 38.8 Å². The Kier molecular flexibility index (Phi) is 5.41. The van der Waals surface area contributed by atoms with E-state index in [2.05, 4.69) is 24.3 Å². The van der Waals surface area contributed by atoms with Crippen LogP contribution in [-0.4, -0.2) is 20.3 Å². The van der Waals surface area contributed by atoms with Crippen molar-refractivity contribution in [1.29, 1.82) is 0 Å². The van der Waals surface area contributed by atoms with Gasteiger partial charge in [0.2, 0.25) is 5.91 Å². The third-order valence-corrected chi connectivity index (χ3v) is 3.92. The van der Waals surface area contributed by atoms with Crippen molar-refractivity contribution >= 4 is 11.6 Å². The number of carbonyl (C=O) groups excluding carboxylic acids is 1. The Morgan fingerprint density at radius 1 is 1.23 bits per heavy atom. The van der Waals surface area contributed by atoms with Crippen molar-refractivity contribution in [1.82, 2.24) is 14.3 Å². The number of amides is 1. The number of nitrogens with zero attached hydrogens (tertiary/aromatic N) is 3. The number of aromatic nitrogens is 3. The summed E-state index contributed by atoms with van der Waals surface area (Å²) < 4.78 is 3.94. The van der Waals surface area contributed by atoms with Crippen molar-refractivity contribution in [2.45, 2.75) is 59.5 Å². The molecule has 120 valence electrons. The van der Waals surface area contributed by atoms with Crippen LogP contribution in [0, 0.1) is 13.8 Å². The lowest BCUT2D eigenvalue weighted by atomic mass is 10.1. The van der Waals surface area contributed by atoms with Gasteiger partial charge in [-0.1, -0.05) is 20.3 Å². The first kappa shape index (κ1) is 16.3. The third-order valence-electron chi connectivity index (χ3n) is 3.92. The molecule has 5 heteroatoms. The van der Waals surface area contributed by atoms with Crippen molar-refractivity contribution in [3.05, 3.63) is 35.9 Å². The lowest BCUT2D eigenvalue weighted by Gasteiger charge is -2.18. The van der Waals surface area contributed by atoms with Crippen molar-refractivity contribution in [3.63, 3.8) is 0 Å². The second kappa shape index (κ2) is 7.29. The Balaban J connectivity index is 2.20. The van der Waals surface area contributed by atoms with Gasteiger partial charge in [-0.15, -0.1) is 0 Å². The number of nitrogens with one attached hydrogen (secondary N) is 1. The van der Waals surface area contributed by atoms with E-state index >= 15 is 0 Å². The Morgan fingerprint density at radius 2 is 1.91 bits per heavy atom. The number of carbonyl (C=O) groups is 1. The predicted octanol–water partition coefficient (Wildman–Crippen LogP) is 3.69. The number of hydrogen-bond donors (Lipinski definition) is 1. The van der Waals surface area contributed by atoms with Gasteiger partial charge in [0.1, 0.15) is 6.04 Å². The van der Waals surface area contributed by atoms with Gasteiger partial charge in [0.05, 0.1) is 17.1 Å². The van der Waals surface area contributed by atoms with Gasteiger partial charge < -0.3 is 9.88 Å². The maximum Gasteiger partial charge on any atom is 0.247 e. The zero-order valence-corrected chi connectivity index (χ0v) is 14.0. The molecular weight excluding hydrogens is 276 g/mol. The first-order valence-corrected chi connectivity index (χ1v) is 8.05. The van der Waals surface area contributed by atoms with E-state index in [-0.39, 0.29) is 11.9 Å². The lowest BCUT2D eigenvalue weighted by molar-refractivity contribution is -0.119. The maximum atomic E-state index is 12.7.